The fourth-order valence-electron chi connectivity index (χ4n) is 8.61. The molecular formula is C28H48N3O5+. The average Bonchev–Trinajstić information content (AvgIpc) is 3.20. The van der Waals surface area contributed by atoms with E-state index in [0.29, 0.717) is 48.2 Å². The van der Waals surface area contributed by atoms with Gasteiger partial charge in [-0.3, -0.25) is 9.59 Å². The summed E-state index contributed by atoms with van der Waals surface area (Å²) in [6.07, 6.45) is 6.45. The van der Waals surface area contributed by atoms with E-state index >= 15 is 0 Å². The molecule has 3 saturated heterocycles. The van der Waals surface area contributed by atoms with Crippen molar-refractivity contribution in [1.29, 1.82) is 0 Å². The van der Waals surface area contributed by atoms with Crippen LogP contribution in [0.25, 0.3) is 0 Å². The van der Waals surface area contributed by atoms with Crippen molar-refractivity contribution in [2.45, 2.75) is 108 Å². The minimum atomic E-state index is -0.437. The number of piperidine rings is 2. The number of rotatable bonds is 8. The minimum absolute atomic E-state index is 0.00755. The van der Waals surface area contributed by atoms with Crippen LogP contribution in [0.1, 0.15) is 65.7 Å². The third kappa shape index (κ3) is 4.61. The molecule has 8 nitrogen and oxygen atoms in total. The lowest BCUT2D eigenvalue weighted by molar-refractivity contribution is -0.713. The SMILES string of the molecule is COC1CCC2C3[NH2+]CCC4C5CC(O[C@H](C)C(=O)NCCC(C)C)CCC5N(C(=O)C2C1OC)C43. The van der Waals surface area contributed by atoms with Gasteiger partial charge >= 0.3 is 0 Å². The highest BCUT2D eigenvalue weighted by atomic mass is 16.5. The predicted octanol–water partition coefficient (Wildman–Crippen LogP) is 1.32. The molecule has 36 heavy (non-hydrogen) atoms. The number of carbonyl (C=O) groups is 2. The number of ether oxygens (including phenoxy) is 3. The highest BCUT2D eigenvalue weighted by Gasteiger charge is 2.66. The Morgan fingerprint density at radius 3 is 2.58 bits per heavy atom. The number of nitrogens with zero attached hydrogens (tertiary/aromatic N) is 1. The summed E-state index contributed by atoms with van der Waals surface area (Å²) in [6, 6.07) is 1.07. The first-order valence-electron chi connectivity index (χ1n) is 14.5. The van der Waals surface area contributed by atoms with Gasteiger partial charge in [-0.2, -0.15) is 0 Å². The van der Waals surface area contributed by atoms with Crippen LogP contribution in [0.15, 0.2) is 0 Å². The van der Waals surface area contributed by atoms with E-state index < -0.39 is 6.10 Å². The second-order valence-corrected chi connectivity index (χ2v) is 12.4. The van der Waals surface area contributed by atoms with Gasteiger partial charge in [-0.15, -0.1) is 0 Å². The van der Waals surface area contributed by atoms with Crippen molar-refractivity contribution in [3.05, 3.63) is 0 Å². The van der Waals surface area contributed by atoms with Crippen molar-refractivity contribution in [1.82, 2.24) is 10.2 Å². The molecule has 204 valence electrons. The number of carbonyl (C=O) groups excluding carboxylic acids is 2. The lowest BCUT2D eigenvalue weighted by Crippen LogP contribution is -2.99. The van der Waals surface area contributed by atoms with Gasteiger partial charge in [0.05, 0.1) is 36.8 Å². The molecule has 0 spiro atoms. The van der Waals surface area contributed by atoms with Gasteiger partial charge in [0, 0.05) is 39.1 Å². The van der Waals surface area contributed by atoms with Gasteiger partial charge in [-0.1, -0.05) is 13.8 Å². The number of nitrogens with two attached hydrogens (primary N) is 1. The van der Waals surface area contributed by atoms with E-state index in [4.69, 9.17) is 14.2 Å². The third-order valence-corrected chi connectivity index (χ3v) is 10.2. The number of amides is 2. The van der Waals surface area contributed by atoms with Gasteiger partial charge < -0.3 is 29.7 Å². The first-order valence-corrected chi connectivity index (χ1v) is 14.5. The summed E-state index contributed by atoms with van der Waals surface area (Å²) in [7, 11) is 3.48. The van der Waals surface area contributed by atoms with Crippen LogP contribution < -0.4 is 10.6 Å². The van der Waals surface area contributed by atoms with E-state index in [2.05, 4.69) is 29.4 Å². The van der Waals surface area contributed by atoms with Gasteiger partial charge in [0.2, 0.25) is 11.8 Å². The Hall–Kier alpha value is -1.22. The Bertz CT molecular complexity index is 808. The van der Waals surface area contributed by atoms with Gasteiger partial charge in [-0.05, 0) is 63.2 Å². The first kappa shape index (κ1) is 26.4. The Balaban J connectivity index is 1.29. The van der Waals surface area contributed by atoms with E-state index in [1.54, 1.807) is 14.2 Å². The standard InChI is InChI=1S/C28H47N3O5/c1-15(2)10-12-30-27(32)16(3)36-17-6-8-21-20(14-17)18-11-13-29-24-19-7-9-22(34-4)26(35-5)23(19)28(33)31(21)25(18)24/h15-26,29H,6-14H2,1-5H3,(H,30,32)/p+1/t16-,17?,18?,19?,20?,21?,22?,23?,24?,25?,26?/m1/s1. The van der Waals surface area contributed by atoms with Crippen LogP contribution in [-0.4, -0.2) is 86.6 Å². The fraction of sp³-hybridized carbons (Fsp3) is 0.929. The Kier molecular flexibility index (Phi) is 7.97. The molecule has 0 radical (unpaired) electrons. The first-order chi connectivity index (χ1) is 17.3. The van der Waals surface area contributed by atoms with Gasteiger partial charge in [0.25, 0.3) is 0 Å². The van der Waals surface area contributed by atoms with Crippen molar-refractivity contribution >= 4 is 11.8 Å². The molecule has 8 heteroatoms. The van der Waals surface area contributed by atoms with Crippen molar-refractivity contribution in [2.75, 3.05) is 27.3 Å². The number of hydrogen-bond acceptors (Lipinski definition) is 5. The molecule has 3 aliphatic heterocycles. The van der Waals surface area contributed by atoms with Crippen LogP contribution >= 0.6 is 0 Å². The maximum absolute atomic E-state index is 14.1. The van der Waals surface area contributed by atoms with Gasteiger partial charge in [0.15, 0.2) is 0 Å². The van der Waals surface area contributed by atoms with Crippen LogP contribution in [-0.2, 0) is 23.8 Å². The van der Waals surface area contributed by atoms with E-state index in [-0.39, 0.29) is 36.2 Å². The lowest BCUT2D eigenvalue weighted by atomic mass is 9.64. The van der Waals surface area contributed by atoms with Crippen molar-refractivity contribution < 1.29 is 29.1 Å². The van der Waals surface area contributed by atoms with E-state index in [0.717, 1.165) is 51.5 Å². The summed E-state index contributed by atoms with van der Waals surface area (Å²) in [5, 5.41) is 5.57. The number of fused-ring (bicyclic) bond motifs is 5. The summed E-state index contributed by atoms with van der Waals surface area (Å²) < 4.78 is 18.0. The van der Waals surface area contributed by atoms with Crippen LogP contribution in [0.4, 0.5) is 0 Å². The molecule has 10 unspecified atom stereocenters. The molecule has 2 saturated carbocycles. The largest absolute Gasteiger partial charge is 0.379 e. The lowest BCUT2D eigenvalue weighted by Gasteiger charge is -2.53. The molecule has 3 heterocycles. The molecule has 5 fully saturated rings. The second-order valence-electron chi connectivity index (χ2n) is 12.4. The molecule has 0 aromatic rings. The van der Waals surface area contributed by atoms with Crippen molar-refractivity contribution in [2.24, 2.45) is 29.6 Å². The average molecular weight is 507 g/mol. The van der Waals surface area contributed by atoms with E-state index in [1.165, 1.54) is 0 Å². The molecule has 0 aromatic heterocycles. The smallest absolute Gasteiger partial charge is 0.248 e. The molecule has 0 bridgehead atoms. The minimum Gasteiger partial charge on any atom is -0.379 e. The maximum atomic E-state index is 14.1. The van der Waals surface area contributed by atoms with Crippen LogP contribution in [0.2, 0.25) is 0 Å². The highest BCUT2D eigenvalue weighted by molar-refractivity contribution is 5.82. The molecule has 5 rings (SSSR count). The Morgan fingerprint density at radius 2 is 1.86 bits per heavy atom. The predicted molar refractivity (Wildman–Crippen MR) is 135 cm³/mol. The zero-order valence-corrected chi connectivity index (χ0v) is 22.9. The number of quaternary nitrogens is 1. The zero-order valence-electron chi connectivity index (χ0n) is 22.9. The molecule has 5 aliphatic rings. The highest BCUT2D eigenvalue weighted by Crippen LogP contribution is 2.53. The van der Waals surface area contributed by atoms with Gasteiger partial charge in [-0.25, -0.2) is 0 Å². The third-order valence-electron chi connectivity index (χ3n) is 10.2. The second kappa shape index (κ2) is 10.9. The number of hydrogen-bond donors (Lipinski definition) is 2. The Morgan fingerprint density at radius 1 is 1.06 bits per heavy atom. The molecule has 2 amide bonds. The Labute approximate surface area is 216 Å². The molecular weight excluding hydrogens is 458 g/mol. The quantitative estimate of drug-likeness (QED) is 0.518. The summed E-state index contributed by atoms with van der Waals surface area (Å²) in [6.45, 7) is 8.04. The number of methoxy groups -OCH3 is 2. The van der Waals surface area contributed by atoms with Crippen molar-refractivity contribution in [3.8, 4) is 0 Å². The number of nitrogens with one attached hydrogen (secondary N) is 1. The summed E-state index contributed by atoms with van der Waals surface area (Å²) in [5.41, 5.74) is 0. The monoisotopic (exact) mass is 506 g/mol. The summed E-state index contributed by atoms with van der Waals surface area (Å²) in [5.74, 6) is 2.13. The van der Waals surface area contributed by atoms with Crippen LogP contribution in [0.3, 0.4) is 0 Å². The van der Waals surface area contributed by atoms with Crippen molar-refractivity contribution in [3.63, 3.8) is 0 Å². The molecule has 11 atom stereocenters. The van der Waals surface area contributed by atoms with Crippen LogP contribution in [0, 0.1) is 29.6 Å². The maximum Gasteiger partial charge on any atom is 0.248 e. The molecule has 3 N–H and O–H groups in total. The fourth-order valence-corrected chi connectivity index (χ4v) is 8.61. The normalized spacial score (nSPS) is 42.5. The van der Waals surface area contributed by atoms with Gasteiger partial charge in [0.1, 0.15) is 12.1 Å². The van der Waals surface area contributed by atoms with E-state index in [1.807, 2.05) is 6.92 Å². The van der Waals surface area contributed by atoms with E-state index in [9.17, 15) is 9.59 Å². The molecule has 2 aliphatic carbocycles. The zero-order chi connectivity index (χ0) is 25.6. The topological polar surface area (TPSA) is 93.7 Å². The summed E-state index contributed by atoms with van der Waals surface area (Å²) >= 11 is 0. The summed E-state index contributed by atoms with van der Waals surface area (Å²) in [4.78, 5) is 29.1. The molecule has 0 aromatic carbocycles. The van der Waals surface area contributed by atoms with Crippen LogP contribution in [0.5, 0.6) is 0 Å².